The minimum absolute atomic E-state index is 0.0171. The maximum atomic E-state index is 13.2. The smallest absolute Gasteiger partial charge is 0.186 e. The Labute approximate surface area is 312 Å². The first kappa shape index (κ1) is 41.5. The Hall–Kier alpha value is -1.11. The molecule has 0 spiro atoms. The quantitative estimate of drug-likeness (QED) is 0.128. The van der Waals surface area contributed by atoms with E-state index < -0.39 is 86.8 Å². The van der Waals surface area contributed by atoms with Gasteiger partial charge in [-0.3, -0.25) is 4.79 Å². The molecule has 20 atom stereocenters. The molecule has 2 aliphatic heterocycles. The third-order valence-electron chi connectivity index (χ3n) is 14.3. The molecule has 0 aromatic rings. The highest BCUT2D eigenvalue weighted by molar-refractivity contribution is 5.78. The SMILES string of the molecule is CC(C)CC(=O)CC(C)C1C(OC2OC(CO)C(O)C(O)C2O)CC2C3C(O)C=C4CC(OC5OC(CO)C(O)C(O)C5O)CCC4(C)C3CCC21C. The molecule has 14 nitrogen and oxygen atoms in total. The number of ketones is 1. The van der Waals surface area contributed by atoms with Gasteiger partial charge in [0.15, 0.2) is 12.6 Å². The number of aliphatic hydroxyl groups is 9. The van der Waals surface area contributed by atoms with Crippen LogP contribution in [0.3, 0.4) is 0 Å². The summed E-state index contributed by atoms with van der Waals surface area (Å²) in [5.74, 6) is 0.111. The summed E-state index contributed by atoms with van der Waals surface area (Å²) in [6, 6.07) is 0. The van der Waals surface area contributed by atoms with E-state index in [1.807, 2.05) is 19.9 Å². The topological polar surface area (TPSA) is 236 Å². The Morgan fingerprint density at radius 1 is 0.792 bits per heavy atom. The van der Waals surface area contributed by atoms with Crippen LogP contribution in [0, 0.1) is 46.3 Å². The molecule has 20 unspecified atom stereocenters. The molecule has 304 valence electrons. The number of hydrogen-bond donors (Lipinski definition) is 9. The van der Waals surface area contributed by atoms with Gasteiger partial charge in [-0.1, -0.05) is 46.3 Å². The fourth-order valence-corrected chi connectivity index (χ4v) is 11.7. The van der Waals surface area contributed by atoms with E-state index in [-0.39, 0.29) is 58.2 Å². The van der Waals surface area contributed by atoms with Crippen molar-refractivity contribution in [1.82, 2.24) is 0 Å². The summed E-state index contributed by atoms with van der Waals surface area (Å²) in [6.45, 7) is 9.47. The summed E-state index contributed by atoms with van der Waals surface area (Å²) < 4.78 is 24.2. The van der Waals surface area contributed by atoms with E-state index >= 15 is 0 Å². The van der Waals surface area contributed by atoms with Crippen LogP contribution in [0.15, 0.2) is 11.6 Å². The lowest BCUT2D eigenvalue weighted by atomic mass is 9.46. The van der Waals surface area contributed by atoms with Gasteiger partial charge in [0.05, 0.1) is 31.5 Å². The number of rotatable bonds is 11. The monoisotopic (exact) mass is 756 g/mol. The van der Waals surface area contributed by atoms with Crippen LogP contribution in [-0.4, -0.2) is 145 Å². The van der Waals surface area contributed by atoms with Crippen molar-refractivity contribution in [2.75, 3.05) is 13.2 Å². The summed E-state index contributed by atoms with van der Waals surface area (Å²) in [5, 5.41) is 94.5. The van der Waals surface area contributed by atoms with E-state index in [0.717, 1.165) is 24.8 Å². The number of aliphatic hydroxyl groups excluding tert-OH is 9. The molecule has 0 bridgehead atoms. The number of Topliss-reactive ketones (excluding diaryl/α,β-unsaturated/α-hetero) is 1. The number of ether oxygens (including phenoxy) is 4. The number of hydrogen-bond acceptors (Lipinski definition) is 14. The molecule has 6 aliphatic rings. The molecule has 53 heavy (non-hydrogen) atoms. The van der Waals surface area contributed by atoms with E-state index in [2.05, 4.69) is 20.8 Å². The molecule has 0 radical (unpaired) electrons. The van der Waals surface area contributed by atoms with Gasteiger partial charge in [-0.05, 0) is 84.9 Å². The van der Waals surface area contributed by atoms with Gasteiger partial charge < -0.3 is 64.9 Å². The molecule has 14 heteroatoms. The molecule has 2 heterocycles. The second-order valence-electron chi connectivity index (χ2n) is 18.1. The van der Waals surface area contributed by atoms with Gasteiger partial charge in [-0.15, -0.1) is 0 Å². The van der Waals surface area contributed by atoms with Gasteiger partial charge in [-0.25, -0.2) is 0 Å². The average molecular weight is 757 g/mol. The van der Waals surface area contributed by atoms with Crippen LogP contribution in [0.25, 0.3) is 0 Å². The molecule has 0 amide bonds. The fraction of sp³-hybridized carbons (Fsp3) is 0.923. The lowest BCUT2D eigenvalue weighted by Gasteiger charge is -2.59. The second kappa shape index (κ2) is 16.0. The maximum absolute atomic E-state index is 13.2. The van der Waals surface area contributed by atoms with Crippen LogP contribution in [-0.2, 0) is 23.7 Å². The molecule has 3 saturated carbocycles. The fourth-order valence-electron chi connectivity index (χ4n) is 11.7. The predicted octanol–water partition coefficient (Wildman–Crippen LogP) is 0.158. The molecule has 0 aromatic heterocycles. The zero-order chi connectivity index (χ0) is 38.7. The summed E-state index contributed by atoms with van der Waals surface area (Å²) in [6.07, 6.45) is -8.76. The summed E-state index contributed by atoms with van der Waals surface area (Å²) >= 11 is 0. The first-order chi connectivity index (χ1) is 24.9. The minimum atomic E-state index is -1.58. The zero-order valence-electron chi connectivity index (χ0n) is 31.7. The van der Waals surface area contributed by atoms with Crippen LogP contribution in [0.2, 0.25) is 0 Å². The van der Waals surface area contributed by atoms with Crippen molar-refractivity contribution < 1.29 is 69.7 Å². The van der Waals surface area contributed by atoms with E-state index in [1.54, 1.807) is 0 Å². The van der Waals surface area contributed by atoms with Crippen molar-refractivity contribution in [2.24, 2.45) is 46.3 Å². The van der Waals surface area contributed by atoms with Gasteiger partial charge in [0, 0.05) is 12.8 Å². The highest BCUT2D eigenvalue weighted by atomic mass is 16.7. The largest absolute Gasteiger partial charge is 0.394 e. The Bertz CT molecular complexity index is 1310. The minimum Gasteiger partial charge on any atom is -0.394 e. The van der Waals surface area contributed by atoms with E-state index in [1.165, 1.54) is 0 Å². The molecule has 9 N–H and O–H groups in total. The Morgan fingerprint density at radius 2 is 1.38 bits per heavy atom. The van der Waals surface area contributed by atoms with Gasteiger partial charge in [0.25, 0.3) is 0 Å². The number of carbonyl (C=O) groups is 1. The Kier molecular flexibility index (Phi) is 12.6. The van der Waals surface area contributed by atoms with Gasteiger partial charge in [-0.2, -0.15) is 0 Å². The zero-order valence-corrected chi connectivity index (χ0v) is 31.7. The van der Waals surface area contributed by atoms with E-state index in [4.69, 9.17) is 18.9 Å². The molecule has 2 saturated heterocycles. The highest BCUT2D eigenvalue weighted by Crippen LogP contribution is 2.68. The molecule has 0 aromatic carbocycles. The molecule has 4 aliphatic carbocycles. The van der Waals surface area contributed by atoms with Crippen molar-refractivity contribution in [3.05, 3.63) is 11.6 Å². The van der Waals surface area contributed by atoms with Crippen LogP contribution in [0.5, 0.6) is 0 Å². The Morgan fingerprint density at radius 3 is 1.94 bits per heavy atom. The maximum Gasteiger partial charge on any atom is 0.186 e. The van der Waals surface area contributed by atoms with Crippen molar-refractivity contribution in [2.45, 2.75) is 166 Å². The average Bonchev–Trinajstić information content (AvgIpc) is 3.40. The standard InChI is InChI=1S/C39H64O14/c1-17(2)10-20(42)11-18(3)29-25(51-37-35(49)33(47)31(45)27(16-41)53-37)14-23-28-22(7-9-39(23,29)5)38(4)8-6-21(12-19(38)13-24(28)43)50-36-34(48)32(46)30(44)26(15-40)52-36/h13,17-18,21-37,40-41,43-49H,6-12,14-16H2,1-5H3. The van der Waals surface area contributed by atoms with E-state index in [0.29, 0.717) is 32.1 Å². The normalized spacial score (nSPS) is 50.5. The summed E-state index contributed by atoms with van der Waals surface area (Å²) in [7, 11) is 0. The first-order valence-electron chi connectivity index (χ1n) is 19.8. The molecular formula is C39H64O14. The summed E-state index contributed by atoms with van der Waals surface area (Å²) in [5.41, 5.74) is 0.459. The third kappa shape index (κ3) is 7.55. The highest BCUT2D eigenvalue weighted by Gasteiger charge is 2.65. The number of carbonyl (C=O) groups excluding carboxylic acids is 1. The van der Waals surface area contributed by atoms with Crippen LogP contribution in [0.1, 0.15) is 86.0 Å². The van der Waals surface area contributed by atoms with Crippen LogP contribution < -0.4 is 0 Å². The van der Waals surface area contributed by atoms with Gasteiger partial charge in [0.1, 0.15) is 54.6 Å². The van der Waals surface area contributed by atoms with Crippen LogP contribution >= 0.6 is 0 Å². The van der Waals surface area contributed by atoms with Gasteiger partial charge >= 0.3 is 0 Å². The third-order valence-corrected chi connectivity index (χ3v) is 14.3. The van der Waals surface area contributed by atoms with Gasteiger partial charge in [0.2, 0.25) is 0 Å². The van der Waals surface area contributed by atoms with E-state index in [9.17, 15) is 50.8 Å². The summed E-state index contributed by atoms with van der Waals surface area (Å²) in [4.78, 5) is 13.2. The van der Waals surface area contributed by atoms with Crippen LogP contribution in [0.4, 0.5) is 0 Å². The molecule has 5 fully saturated rings. The van der Waals surface area contributed by atoms with Crippen molar-refractivity contribution in [1.29, 1.82) is 0 Å². The predicted molar refractivity (Wildman–Crippen MR) is 187 cm³/mol. The van der Waals surface area contributed by atoms with Crippen molar-refractivity contribution in [3.8, 4) is 0 Å². The second-order valence-corrected chi connectivity index (χ2v) is 18.1. The lowest BCUT2D eigenvalue weighted by Crippen LogP contribution is -2.60. The Balaban J connectivity index is 1.25. The lowest BCUT2D eigenvalue weighted by molar-refractivity contribution is -0.315. The van der Waals surface area contributed by atoms with Crippen molar-refractivity contribution >= 4 is 5.78 Å². The first-order valence-corrected chi connectivity index (χ1v) is 19.8. The molecular weight excluding hydrogens is 692 g/mol. The molecule has 6 rings (SSSR count). The van der Waals surface area contributed by atoms with Crippen molar-refractivity contribution in [3.63, 3.8) is 0 Å². The number of fused-ring (bicyclic) bond motifs is 5.